The van der Waals surface area contributed by atoms with Crippen molar-refractivity contribution in [3.63, 3.8) is 0 Å². The van der Waals surface area contributed by atoms with E-state index in [9.17, 15) is 9.59 Å². The molecule has 0 N–H and O–H groups in total. The van der Waals surface area contributed by atoms with E-state index in [0.717, 1.165) is 22.0 Å². The van der Waals surface area contributed by atoms with Gasteiger partial charge in [-0.15, -0.1) is 0 Å². The van der Waals surface area contributed by atoms with Crippen LogP contribution >= 0.6 is 11.3 Å². The third-order valence-electron chi connectivity index (χ3n) is 0.988. The van der Waals surface area contributed by atoms with E-state index in [1.807, 2.05) is 0 Å². The van der Waals surface area contributed by atoms with Gasteiger partial charge in [-0.1, -0.05) is 17.9 Å². The van der Waals surface area contributed by atoms with Crippen molar-refractivity contribution in [2.45, 2.75) is 0 Å². The molecule has 0 fully saturated rings. The molecule has 52 valence electrons. The maximum atomic E-state index is 10.7. The second-order valence-corrected chi connectivity index (χ2v) is 2.44. The van der Waals surface area contributed by atoms with E-state index in [1.54, 1.807) is 5.38 Å². The Bertz CT molecular complexity index is 310. The van der Waals surface area contributed by atoms with Crippen LogP contribution in [0.25, 0.3) is 0 Å². The molecule has 0 saturated carbocycles. The summed E-state index contributed by atoms with van der Waals surface area (Å²) < 4.78 is 1.01. The summed E-state index contributed by atoms with van der Waals surface area (Å²) in [7, 11) is 0. The molecule has 0 aromatic carbocycles. The minimum atomic E-state index is -0.383. The molecule has 1 aromatic heterocycles. The number of thiazole rings is 1. The van der Waals surface area contributed by atoms with Crippen molar-refractivity contribution in [3.8, 4) is 0 Å². The molecule has 1 rings (SSSR count). The van der Waals surface area contributed by atoms with Crippen LogP contribution in [0, 0.1) is 0 Å². The van der Waals surface area contributed by atoms with Gasteiger partial charge in [0.05, 0.1) is 0 Å². The fourth-order valence-electron chi connectivity index (χ4n) is 0.529. The standard InChI is InChI=1S/C6H5NO2S/c1-2-5(8)7-3-4-10-6(7)9/h2-4H,1H2. The van der Waals surface area contributed by atoms with Gasteiger partial charge in [-0.3, -0.25) is 9.59 Å². The van der Waals surface area contributed by atoms with Gasteiger partial charge < -0.3 is 0 Å². The summed E-state index contributed by atoms with van der Waals surface area (Å²) >= 11 is 0.987. The van der Waals surface area contributed by atoms with Gasteiger partial charge in [0.2, 0.25) is 0 Å². The minimum Gasteiger partial charge on any atom is -0.269 e. The first-order valence-corrected chi connectivity index (χ1v) is 3.46. The highest BCUT2D eigenvalue weighted by atomic mass is 32.1. The fourth-order valence-corrected chi connectivity index (χ4v) is 1.09. The van der Waals surface area contributed by atoms with Gasteiger partial charge >= 0.3 is 4.87 Å². The van der Waals surface area contributed by atoms with Crippen molar-refractivity contribution in [2.75, 3.05) is 0 Å². The largest absolute Gasteiger partial charge is 0.314 e. The van der Waals surface area contributed by atoms with Gasteiger partial charge in [-0.25, -0.2) is 4.57 Å². The SMILES string of the molecule is C=CC(=O)n1ccsc1=O. The number of aromatic nitrogens is 1. The molecule has 3 nitrogen and oxygen atoms in total. The molecule has 0 unspecified atom stereocenters. The molecule has 0 aliphatic carbocycles. The van der Waals surface area contributed by atoms with Crippen LogP contribution in [0.3, 0.4) is 0 Å². The van der Waals surface area contributed by atoms with Crippen LogP contribution in [0.1, 0.15) is 4.79 Å². The van der Waals surface area contributed by atoms with Crippen LogP contribution < -0.4 is 4.87 Å². The molecular formula is C6H5NO2S. The summed E-state index contributed by atoms with van der Waals surface area (Å²) in [4.78, 5) is 21.2. The Hall–Kier alpha value is -1.16. The average Bonchev–Trinajstić information content (AvgIpc) is 2.34. The van der Waals surface area contributed by atoms with Gasteiger partial charge in [-0.2, -0.15) is 0 Å². The van der Waals surface area contributed by atoms with Crippen molar-refractivity contribution in [1.82, 2.24) is 4.57 Å². The summed E-state index contributed by atoms with van der Waals surface area (Å²) in [6.45, 7) is 3.25. The Balaban J connectivity index is 3.17. The predicted octanol–water partition coefficient (Wildman–Crippen LogP) is 0.736. The Labute approximate surface area is 61.2 Å². The number of allylic oxidation sites excluding steroid dienone is 1. The highest BCUT2D eigenvalue weighted by molar-refractivity contribution is 7.07. The number of rotatable bonds is 1. The lowest BCUT2D eigenvalue weighted by molar-refractivity contribution is 0.0967. The summed E-state index contributed by atoms with van der Waals surface area (Å²) in [6.07, 6.45) is 2.53. The summed E-state index contributed by atoms with van der Waals surface area (Å²) in [5.41, 5.74) is 0. The quantitative estimate of drug-likeness (QED) is 0.561. The monoisotopic (exact) mass is 155 g/mol. The summed E-state index contributed by atoms with van der Waals surface area (Å²) in [6, 6.07) is 0. The first kappa shape index (κ1) is 6.95. The maximum Gasteiger partial charge on any atom is 0.314 e. The zero-order chi connectivity index (χ0) is 7.56. The molecule has 0 radical (unpaired) electrons. The molecule has 1 heterocycles. The van der Waals surface area contributed by atoms with Crippen molar-refractivity contribution in [1.29, 1.82) is 0 Å². The lowest BCUT2D eigenvalue weighted by atomic mass is 10.6. The average molecular weight is 155 g/mol. The molecule has 0 aliphatic heterocycles. The number of hydrogen-bond donors (Lipinski definition) is 0. The Morgan fingerprint density at radius 3 is 2.90 bits per heavy atom. The Morgan fingerprint density at radius 2 is 2.50 bits per heavy atom. The minimum absolute atomic E-state index is 0.273. The van der Waals surface area contributed by atoms with E-state index in [1.165, 1.54) is 6.20 Å². The third kappa shape index (κ3) is 1.06. The van der Waals surface area contributed by atoms with Gasteiger partial charge in [0.25, 0.3) is 5.91 Å². The highest BCUT2D eigenvalue weighted by Gasteiger charge is 2.00. The zero-order valence-electron chi connectivity index (χ0n) is 5.11. The van der Waals surface area contributed by atoms with E-state index in [0.29, 0.717) is 0 Å². The Morgan fingerprint density at radius 1 is 1.80 bits per heavy atom. The van der Waals surface area contributed by atoms with Gasteiger partial charge in [0, 0.05) is 11.6 Å². The number of carbonyl (C=O) groups is 1. The molecule has 0 spiro atoms. The van der Waals surface area contributed by atoms with E-state index < -0.39 is 0 Å². The number of carbonyl (C=O) groups excluding carboxylic acids is 1. The topological polar surface area (TPSA) is 39.1 Å². The lowest BCUT2D eigenvalue weighted by Gasteiger charge is -1.88. The molecule has 0 saturated heterocycles. The van der Waals surface area contributed by atoms with E-state index in [4.69, 9.17) is 0 Å². The van der Waals surface area contributed by atoms with Crippen molar-refractivity contribution >= 4 is 17.2 Å². The van der Waals surface area contributed by atoms with Crippen molar-refractivity contribution < 1.29 is 4.79 Å². The Kier molecular flexibility index (Phi) is 1.82. The molecule has 10 heavy (non-hydrogen) atoms. The molecule has 4 heteroatoms. The second-order valence-electron chi connectivity index (χ2n) is 1.58. The van der Waals surface area contributed by atoms with Crippen molar-refractivity contribution in [3.05, 3.63) is 33.9 Å². The molecule has 0 bridgehead atoms. The first-order valence-electron chi connectivity index (χ1n) is 2.58. The molecular weight excluding hydrogens is 150 g/mol. The maximum absolute atomic E-state index is 10.7. The first-order chi connectivity index (χ1) is 4.75. The summed E-state index contributed by atoms with van der Waals surface area (Å²) in [5, 5.41) is 1.56. The number of nitrogens with zero attached hydrogens (tertiary/aromatic N) is 1. The van der Waals surface area contributed by atoms with Gasteiger partial charge in [0.15, 0.2) is 0 Å². The van der Waals surface area contributed by atoms with Crippen LogP contribution in [0.4, 0.5) is 0 Å². The van der Waals surface area contributed by atoms with Crippen LogP contribution in [-0.2, 0) is 0 Å². The molecule has 0 atom stereocenters. The lowest BCUT2D eigenvalue weighted by Crippen LogP contribution is -2.17. The second kappa shape index (κ2) is 2.62. The molecule has 0 aliphatic rings. The van der Waals surface area contributed by atoms with E-state index >= 15 is 0 Å². The van der Waals surface area contributed by atoms with Crippen LogP contribution in [0.15, 0.2) is 29.0 Å². The summed E-state index contributed by atoms with van der Waals surface area (Å²) in [5.74, 6) is -0.383. The van der Waals surface area contributed by atoms with Crippen LogP contribution in [-0.4, -0.2) is 10.5 Å². The highest BCUT2D eigenvalue weighted by Crippen LogP contribution is 1.88. The fraction of sp³-hybridized carbons (Fsp3) is 0. The number of hydrogen-bond acceptors (Lipinski definition) is 3. The third-order valence-corrected chi connectivity index (χ3v) is 1.64. The zero-order valence-corrected chi connectivity index (χ0v) is 5.93. The predicted molar refractivity (Wildman–Crippen MR) is 39.4 cm³/mol. The van der Waals surface area contributed by atoms with Crippen LogP contribution in [0.5, 0.6) is 0 Å². The van der Waals surface area contributed by atoms with Gasteiger partial charge in [-0.05, 0) is 6.08 Å². The van der Waals surface area contributed by atoms with Crippen LogP contribution in [0.2, 0.25) is 0 Å². The smallest absolute Gasteiger partial charge is 0.269 e. The van der Waals surface area contributed by atoms with Gasteiger partial charge in [0.1, 0.15) is 0 Å². The van der Waals surface area contributed by atoms with Crippen molar-refractivity contribution in [2.24, 2.45) is 0 Å². The van der Waals surface area contributed by atoms with E-state index in [2.05, 4.69) is 6.58 Å². The normalized spacial score (nSPS) is 9.20. The van der Waals surface area contributed by atoms with E-state index in [-0.39, 0.29) is 10.8 Å². The molecule has 0 amide bonds. The molecule has 1 aromatic rings.